The van der Waals surface area contributed by atoms with Crippen LogP contribution >= 0.6 is 0 Å². The van der Waals surface area contributed by atoms with E-state index in [4.69, 9.17) is 4.74 Å². The number of amides is 2. The van der Waals surface area contributed by atoms with E-state index in [1.54, 1.807) is 12.4 Å². The van der Waals surface area contributed by atoms with Gasteiger partial charge in [0.2, 0.25) is 0 Å². The molecule has 0 aliphatic heterocycles. The topological polar surface area (TPSA) is 118 Å². The minimum atomic E-state index is -0.516. The Morgan fingerprint density at radius 1 is 0.894 bits per heavy atom. The van der Waals surface area contributed by atoms with Crippen LogP contribution in [-0.2, 0) is 13.0 Å². The van der Waals surface area contributed by atoms with Crippen molar-refractivity contribution < 1.29 is 14.6 Å². The highest BCUT2D eigenvalue weighted by Gasteiger charge is 2.23. The van der Waals surface area contributed by atoms with Crippen molar-refractivity contribution in [3.63, 3.8) is 0 Å². The van der Waals surface area contributed by atoms with Crippen molar-refractivity contribution in [3.05, 3.63) is 112 Å². The first-order chi connectivity index (χ1) is 22.8. The highest BCUT2D eigenvalue weighted by atomic mass is 16.5. The Hall–Kier alpha value is -5.02. The maximum atomic E-state index is 14.2. The summed E-state index contributed by atoms with van der Waals surface area (Å²) in [4.78, 5) is 36.8. The van der Waals surface area contributed by atoms with E-state index < -0.39 is 11.6 Å². The molecule has 0 saturated heterocycles. The van der Waals surface area contributed by atoms with Gasteiger partial charge in [-0.2, -0.15) is 0 Å². The summed E-state index contributed by atoms with van der Waals surface area (Å²) in [5, 5.41) is 16.3. The third-order valence-electron chi connectivity index (χ3n) is 8.13. The molecule has 0 unspecified atom stereocenters. The molecule has 9 nitrogen and oxygen atoms in total. The minimum Gasteiger partial charge on any atom is -0.494 e. The lowest BCUT2D eigenvalue weighted by atomic mass is 9.93. The number of aliphatic hydroxyl groups excluding tert-OH is 1. The molecule has 9 heteroatoms. The van der Waals surface area contributed by atoms with Gasteiger partial charge in [-0.15, -0.1) is 0 Å². The zero-order valence-electron chi connectivity index (χ0n) is 27.5. The Bertz CT molecular complexity index is 1860. The van der Waals surface area contributed by atoms with E-state index in [0.717, 1.165) is 35.2 Å². The van der Waals surface area contributed by atoms with Crippen LogP contribution in [0.5, 0.6) is 5.75 Å². The second-order valence-corrected chi connectivity index (χ2v) is 12.2. The van der Waals surface area contributed by atoms with Crippen molar-refractivity contribution in [1.29, 1.82) is 0 Å². The molecule has 0 radical (unpaired) electrons. The van der Waals surface area contributed by atoms with Crippen LogP contribution in [0, 0.1) is 0 Å². The summed E-state index contributed by atoms with van der Waals surface area (Å²) in [6.07, 6.45) is 7.27. The van der Waals surface area contributed by atoms with Gasteiger partial charge in [0.05, 0.1) is 6.61 Å². The van der Waals surface area contributed by atoms with Crippen LogP contribution in [0.25, 0.3) is 22.2 Å². The molecule has 3 N–H and O–H groups in total. The van der Waals surface area contributed by atoms with Crippen molar-refractivity contribution in [3.8, 4) is 16.9 Å². The standard InChI is InChI=1S/C38H43N5O4/c1-25(2)30-15-6-16-31(26(3)4)34(30)41-38(46)42-35-33(32-17-8-19-40-36(32)43(37(35)45)20-10-21-44)28-13-5-14-29(23-28)47-22-9-12-27-11-7-18-39-24-27/h5-8,11,13-19,23-26,44H,9-10,12,20-22H2,1-4H3,(H2,41,42,46). The van der Waals surface area contributed by atoms with Crippen molar-refractivity contribution in [2.45, 2.75) is 65.3 Å². The van der Waals surface area contributed by atoms with Gasteiger partial charge >= 0.3 is 6.03 Å². The number of benzene rings is 2. The monoisotopic (exact) mass is 633 g/mol. The Morgan fingerprint density at radius 3 is 2.32 bits per heavy atom. The van der Waals surface area contributed by atoms with Crippen molar-refractivity contribution >= 4 is 28.4 Å². The van der Waals surface area contributed by atoms with Gasteiger partial charge < -0.3 is 20.5 Å². The van der Waals surface area contributed by atoms with Gasteiger partial charge in [-0.25, -0.2) is 9.78 Å². The van der Waals surface area contributed by atoms with Crippen LogP contribution in [0.2, 0.25) is 0 Å². The molecule has 0 fully saturated rings. The third-order valence-corrected chi connectivity index (χ3v) is 8.13. The lowest BCUT2D eigenvalue weighted by Gasteiger charge is -2.22. The maximum absolute atomic E-state index is 14.2. The summed E-state index contributed by atoms with van der Waals surface area (Å²) in [6.45, 7) is 9.01. The molecule has 5 aromatic rings. The van der Waals surface area contributed by atoms with Crippen molar-refractivity contribution in [1.82, 2.24) is 14.5 Å². The third kappa shape index (κ3) is 7.86. The molecular weight excluding hydrogens is 590 g/mol. The molecule has 0 bridgehead atoms. The average Bonchev–Trinajstić information content (AvgIpc) is 3.07. The lowest BCUT2D eigenvalue weighted by molar-refractivity contribution is 0.262. The van der Waals surface area contributed by atoms with Gasteiger partial charge in [-0.3, -0.25) is 14.3 Å². The van der Waals surface area contributed by atoms with Gasteiger partial charge in [0, 0.05) is 48.4 Å². The van der Waals surface area contributed by atoms with E-state index in [0.29, 0.717) is 40.9 Å². The number of ether oxygens (including phenoxy) is 1. The second-order valence-electron chi connectivity index (χ2n) is 12.2. The molecule has 3 aromatic heterocycles. The smallest absolute Gasteiger partial charge is 0.323 e. The fraction of sp³-hybridized carbons (Fsp3) is 0.316. The second kappa shape index (κ2) is 15.5. The number of carbonyl (C=O) groups excluding carboxylic acids is 1. The Morgan fingerprint density at radius 2 is 1.62 bits per heavy atom. The number of hydrogen-bond donors (Lipinski definition) is 3. The molecule has 0 saturated carbocycles. The number of nitrogens with zero attached hydrogens (tertiary/aromatic N) is 3. The molecule has 0 aliphatic carbocycles. The summed E-state index contributed by atoms with van der Waals surface area (Å²) in [5.41, 5.74) is 5.39. The molecule has 0 spiro atoms. The van der Waals surface area contributed by atoms with Crippen molar-refractivity contribution in [2.24, 2.45) is 0 Å². The maximum Gasteiger partial charge on any atom is 0.323 e. The van der Waals surface area contributed by atoms with Gasteiger partial charge in [-0.1, -0.05) is 64.1 Å². The van der Waals surface area contributed by atoms with E-state index in [1.807, 2.05) is 72.9 Å². The first-order valence-corrected chi connectivity index (χ1v) is 16.2. The van der Waals surface area contributed by atoms with E-state index in [9.17, 15) is 14.7 Å². The van der Waals surface area contributed by atoms with E-state index >= 15 is 0 Å². The predicted octanol–water partition coefficient (Wildman–Crippen LogP) is 7.74. The number of hydrogen-bond acceptors (Lipinski definition) is 6. The number of urea groups is 1. The summed E-state index contributed by atoms with van der Waals surface area (Å²) in [5.74, 6) is 1.00. The number of aryl methyl sites for hydroxylation is 2. The number of nitrogens with one attached hydrogen (secondary N) is 2. The van der Waals surface area contributed by atoms with E-state index in [2.05, 4.69) is 48.3 Å². The molecule has 3 heterocycles. The summed E-state index contributed by atoms with van der Waals surface area (Å²) >= 11 is 0. The number of pyridine rings is 3. The van der Waals surface area contributed by atoms with Gasteiger partial charge in [-0.05, 0) is 83.7 Å². The van der Waals surface area contributed by atoms with Crippen molar-refractivity contribution in [2.75, 3.05) is 23.8 Å². The van der Waals surface area contributed by atoms with Crippen LogP contribution < -0.4 is 20.9 Å². The number of carbonyl (C=O) groups is 1. The summed E-state index contributed by atoms with van der Waals surface area (Å²) < 4.78 is 7.65. The molecule has 0 atom stereocenters. The number of fused-ring (bicyclic) bond motifs is 1. The predicted molar refractivity (Wildman–Crippen MR) is 188 cm³/mol. The number of para-hydroxylation sites is 1. The molecule has 0 aliphatic rings. The quantitative estimate of drug-likeness (QED) is 0.114. The van der Waals surface area contributed by atoms with Gasteiger partial charge in [0.15, 0.2) is 0 Å². The van der Waals surface area contributed by atoms with E-state index in [-0.39, 0.29) is 30.7 Å². The zero-order chi connectivity index (χ0) is 33.3. The SMILES string of the molecule is CC(C)c1cccc(C(C)C)c1NC(=O)Nc1c(-c2cccc(OCCCc3cccnc3)c2)c2cccnc2n(CCCO)c1=O. The van der Waals surface area contributed by atoms with Gasteiger partial charge in [0.1, 0.15) is 17.1 Å². The highest BCUT2D eigenvalue weighted by molar-refractivity contribution is 6.07. The van der Waals surface area contributed by atoms with Crippen LogP contribution in [0.15, 0.2) is 90.1 Å². The Kier molecular flexibility index (Phi) is 11.0. The Balaban J connectivity index is 1.53. The Labute approximate surface area is 275 Å². The largest absolute Gasteiger partial charge is 0.494 e. The summed E-state index contributed by atoms with van der Waals surface area (Å²) in [7, 11) is 0. The minimum absolute atomic E-state index is 0.0874. The van der Waals surface area contributed by atoms with E-state index in [1.165, 1.54) is 4.57 Å². The molecular formula is C38H43N5O4. The number of anilines is 2. The van der Waals surface area contributed by atoms with Crippen LogP contribution in [-0.4, -0.2) is 38.9 Å². The molecule has 47 heavy (non-hydrogen) atoms. The first kappa shape index (κ1) is 33.3. The number of aliphatic hydroxyl groups is 1. The van der Waals surface area contributed by atoms with Crippen LogP contribution in [0.1, 0.15) is 69.1 Å². The lowest BCUT2D eigenvalue weighted by Crippen LogP contribution is -2.30. The molecule has 5 rings (SSSR count). The zero-order valence-corrected chi connectivity index (χ0v) is 27.5. The number of rotatable bonds is 13. The average molecular weight is 634 g/mol. The molecule has 2 amide bonds. The van der Waals surface area contributed by atoms with Gasteiger partial charge in [0.25, 0.3) is 5.56 Å². The number of aromatic nitrogens is 3. The summed E-state index contributed by atoms with van der Waals surface area (Å²) in [6, 6.07) is 20.7. The normalized spacial score (nSPS) is 11.3. The molecule has 244 valence electrons. The van der Waals surface area contributed by atoms with Crippen LogP contribution in [0.3, 0.4) is 0 Å². The molecule has 2 aromatic carbocycles. The highest BCUT2D eigenvalue weighted by Crippen LogP contribution is 2.36. The first-order valence-electron chi connectivity index (χ1n) is 16.2. The van der Waals surface area contributed by atoms with Crippen LogP contribution in [0.4, 0.5) is 16.2 Å². The fourth-order valence-corrected chi connectivity index (χ4v) is 5.84. The fourth-order valence-electron chi connectivity index (χ4n) is 5.84.